The molecule has 1 aromatic rings. The van der Waals surface area contributed by atoms with Gasteiger partial charge in [-0.05, 0) is 18.2 Å². The van der Waals surface area contributed by atoms with Gasteiger partial charge in [-0.15, -0.1) is 0 Å². The number of ether oxygens (including phenoxy) is 1. The van der Waals surface area contributed by atoms with Crippen molar-refractivity contribution in [3.8, 4) is 0 Å². The first-order chi connectivity index (χ1) is 10.9. The Kier molecular flexibility index (Phi) is 4.75. The number of rotatable bonds is 6. The fourth-order valence-corrected chi connectivity index (χ4v) is 2.29. The van der Waals surface area contributed by atoms with Crippen molar-refractivity contribution in [3.63, 3.8) is 0 Å². The van der Waals surface area contributed by atoms with Crippen molar-refractivity contribution in [2.75, 3.05) is 33.9 Å². The average Bonchev–Trinajstić information content (AvgIpc) is 2.74. The number of hydrogen-bond acceptors (Lipinski definition) is 5. The number of aliphatic carboxylic acids is 1. The highest BCUT2D eigenvalue weighted by Gasteiger charge is 2.33. The van der Waals surface area contributed by atoms with Crippen LogP contribution in [0.1, 0.15) is 31.1 Å². The van der Waals surface area contributed by atoms with Crippen LogP contribution in [0.4, 0.5) is 0 Å². The summed E-state index contributed by atoms with van der Waals surface area (Å²) in [6, 6.07) is 4.14. The second kappa shape index (κ2) is 6.57. The Morgan fingerprint density at radius 3 is 2.48 bits per heavy atom. The van der Waals surface area contributed by atoms with Crippen molar-refractivity contribution in [3.05, 3.63) is 34.9 Å². The molecule has 1 aliphatic heterocycles. The summed E-state index contributed by atoms with van der Waals surface area (Å²) in [5.74, 6) is -2.60. The van der Waals surface area contributed by atoms with Crippen molar-refractivity contribution in [2.24, 2.45) is 0 Å². The molecule has 2 rings (SSSR count). The molecule has 0 unspecified atom stereocenters. The van der Waals surface area contributed by atoms with Gasteiger partial charge < -0.3 is 14.7 Å². The lowest BCUT2D eigenvalue weighted by molar-refractivity contribution is -0.137. The van der Waals surface area contributed by atoms with Gasteiger partial charge in [0, 0.05) is 26.3 Å². The number of fused-ring (bicyclic) bond motifs is 1. The smallest absolute Gasteiger partial charge is 0.323 e. The summed E-state index contributed by atoms with van der Waals surface area (Å²) in [7, 11) is 2.81. The van der Waals surface area contributed by atoms with E-state index in [9.17, 15) is 19.2 Å². The molecule has 0 aromatic heterocycles. The molecule has 0 fully saturated rings. The third kappa shape index (κ3) is 3.21. The normalized spacial score (nSPS) is 13.2. The van der Waals surface area contributed by atoms with Gasteiger partial charge in [-0.2, -0.15) is 0 Å². The van der Waals surface area contributed by atoms with Crippen molar-refractivity contribution < 1.29 is 29.0 Å². The Morgan fingerprint density at radius 2 is 1.87 bits per heavy atom. The Hall–Kier alpha value is -2.74. The number of amides is 3. The number of carbonyl (C=O) groups excluding carboxylic acids is 3. The van der Waals surface area contributed by atoms with Gasteiger partial charge in [0.2, 0.25) is 0 Å². The van der Waals surface area contributed by atoms with Crippen LogP contribution in [0, 0.1) is 0 Å². The topological polar surface area (TPSA) is 104 Å². The molecule has 1 heterocycles. The van der Waals surface area contributed by atoms with Gasteiger partial charge in [0.25, 0.3) is 17.7 Å². The lowest BCUT2D eigenvalue weighted by atomic mass is 10.0. The van der Waals surface area contributed by atoms with Gasteiger partial charge in [0.1, 0.15) is 6.54 Å². The Labute approximate surface area is 132 Å². The zero-order chi connectivity index (χ0) is 17.1. The van der Waals surface area contributed by atoms with E-state index in [-0.39, 0.29) is 29.8 Å². The fraction of sp³-hybridized carbons (Fsp3) is 0.333. The van der Waals surface area contributed by atoms with Gasteiger partial charge in [0.05, 0.1) is 17.7 Å². The lowest BCUT2D eigenvalue weighted by Crippen LogP contribution is -2.38. The average molecular weight is 320 g/mol. The quantitative estimate of drug-likeness (QED) is 0.745. The predicted octanol–water partition coefficient (Wildman–Crippen LogP) is 0.0856. The van der Waals surface area contributed by atoms with Crippen LogP contribution in [0.3, 0.4) is 0 Å². The van der Waals surface area contributed by atoms with Crippen LogP contribution in [0.5, 0.6) is 0 Å². The van der Waals surface area contributed by atoms with Crippen LogP contribution in [-0.4, -0.2) is 72.5 Å². The first-order valence-electron chi connectivity index (χ1n) is 6.83. The molecule has 3 amide bonds. The third-order valence-corrected chi connectivity index (χ3v) is 3.52. The molecule has 0 saturated heterocycles. The molecule has 1 aromatic carbocycles. The van der Waals surface area contributed by atoms with Crippen LogP contribution >= 0.6 is 0 Å². The summed E-state index contributed by atoms with van der Waals surface area (Å²) in [5, 5.41) is 8.91. The van der Waals surface area contributed by atoms with Crippen LogP contribution in [0.2, 0.25) is 0 Å². The number of carbonyl (C=O) groups is 4. The van der Waals surface area contributed by atoms with Gasteiger partial charge in [-0.3, -0.25) is 24.1 Å². The largest absolute Gasteiger partial charge is 0.480 e. The number of carboxylic acids is 1. The number of benzene rings is 1. The summed E-state index contributed by atoms with van der Waals surface area (Å²) >= 11 is 0. The molecule has 122 valence electrons. The van der Waals surface area contributed by atoms with Crippen molar-refractivity contribution in [2.45, 2.75) is 0 Å². The standard InChI is InChI=1S/C15H16N2O6/c1-16-14(21)10-4-3-9(7-11(10)15(16)22)13(20)17(5-6-23-2)8-12(18)19/h3-4,7H,5-6,8H2,1-2H3,(H,18,19). The molecule has 1 aliphatic rings. The predicted molar refractivity (Wildman–Crippen MR) is 78.3 cm³/mol. The van der Waals surface area contributed by atoms with Crippen LogP contribution in [0.15, 0.2) is 18.2 Å². The van der Waals surface area contributed by atoms with E-state index >= 15 is 0 Å². The van der Waals surface area contributed by atoms with E-state index < -0.39 is 30.2 Å². The molecule has 0 atom stereocenters. The van der Waals surface area contributed by atoms with Crippen LogP contribution in [-0.2, 0) is 9.53 Å². The third-order valence-electron chi connectivity index (χ3n) is 3.52. The van der Waals surface area contributed by atoms with Crippen LogP contribution in [0.25, 0.3) is 0 Å². The minimum absolute atomic E-state index is 0.103. The molecule has 8 heteroatoms. The highest BCUT2D eigenvalue weighted by Crippen LogP contribution is 2.23. The highest BCUT2D eigenvalue weighted by molar-refractivity contribution is 6.21. The molecule has 0 aliphatic carbocycles. The second-order valence-corrected chi connectivity index (χ2v) is 5.04. The maximum atomic E-state index is 12.5. The molecule has 1 N–H and O–H groups in total. The molecule has 0 bridgehead atoms. The minimum atomic E-state index is -1.15. The molecule has 8 nitrogen and oxygen atoms in total. The highest BCUT2D eigenvalue weighted by atomic mass is 16.5. The second-order valence-electron chi connectivity index (χ2n) is 5.04. The summed E-state index contributed by atoms with van der Waals surface area (Å²) < 4.78 is 4.87. The number of carboxylic acid groups (broad SMARTS) is 1. The molecule has 0 saturated carbocycles. The van der Waals surface area contributed by atoms with E-state index in [0.29, 0.717) is 0 Å². The Morgan fingerprint density at radius 1 is 1.22 bits per heavy atom. The number of hydrogen-bond donors (Lipinski definition) is 1. The summed E-state index contributed by atoms with van der Waals surface area (Å²) in [5.41, 5.74) is 0.527. The zero-order valence-corrected chi connectivity index (χ0v) is 12.7. The summed E-state index contributed by atoms with van der Waals surface area (Å²) in [6.45, 7) is -0.193. The number of imide groups is 1. The monoisotopic (exact) mass is 320 g/mol. The molecule has 0 radical (unpaired) electrons. The van der Waals surface area contributed by atoms with Crippen molar-refractivity contribution in [1.82, 2.24) is 9.80 Å². The summed E-state index contributed by atoms with van der Waals surface area (Å²) in [4.78, 5) is 49.2. The van der Waals surface area contributed by atoms with Gasteiger partial charge in [0.15, 0.2) is 0 Å². The Balaban J connectivity index is 2.30. The van der Waals surface area contributed by atoms with Crippen LogP contribution < -0.4 is 0 Å². The first kappa shape index (κ1) is 16.6. The molecule has 23 heavy (non-hydrogen) atoms. The van der Waals surface area contributed by atoms with E-state index in [0.717, 1.165) is 9.80 Å². The first-order valence-corrected chi connectivity index (χ1v) is 6.83. The SMILES string of the molecule is COCCN(CC(=O)O)C(=O)c1ccc2c(c1)C(=O)N(C)C2=O. The van der Waals surface area contributed by atoms with E-state index in [1.165, 1.54) is 32.4 Å². The molecule has 0 spiro atoms. The van der Waals surface area contributed by atoms with E-state index in [4.69, 9.17) is 9.84 Å². The molecular formula is C15H16N2O6. The zero-order valence-electron chi connectivity index (χ0n) is 12.7. The Bertz CT molecular complexity index is 685. The van der Waals surface area contributed by atoms with E-state index in [2.05, 4.69) is 0 Å². The number of nitrogens with zero attached hydrogens (tertiary/aromatic N) is 2. The summed E-state index contributed by atoms with van der Waals surface area (Å²) in [6.07, 6.45) is 0. The molecular weight excluding hydrogens is 304 g/mol. The van der Waals surface area contributed by atoms with Gasteiger partial charge >= 0.3 is 5.97 Å². The minimum Gasteiger partial charge on any atom is -0.480 e. The van der Waals surface area contributed by atoms with Crippen molar-refractivity contribution >= 4 is 23.7 Å². The van der Waals surface area contributed by atoms with Gasteiger partial charge in [-0.1, -0.05) is 0 Å². The van der Waals surface area contributed by atoms with E-state index in [1.807, 2.05) is 0 Å². The maximum Gasteiger partial charge on any atom is 0.323 e. The fourth-order valence-electron chi connectivity index (χ4n) is 2.29. The van der Waals surface area contributed by atoms with E-state index in [1.54, 1.807) is 0 Å². The maximum absolute atomic E-state index is 12.5. The van der Waals surface area contributed by atoms with Gasteiger partial charge in [-0.25, -0.2) is 0 Å². The number of methoxy groups -OCH3 is 1. The lowest BCUT2D eigenvalue weighted by Gasteiger charge is -2.20. The van der Waals surface area contributed by atoms with Crippen molar-refractivity contribution in [1.29, 1.82) is 0 Å².